The number of carboxylic acids is 3. The Morgan fingerprint density at radius 2 is 1.34 bits per heavy atom. The number of ketones is 1. The first-order chi connectivity index (χ1) is 37.7. The van der Waals surface area contributed by atoms with E-state index in [1.54, 1.807) is 22.8 Å². The summed E-state index contributed by atoms with van der Waals surface area (Å²) >= 11 is 0. The summed E-state index contributed by atoms with van der Waals surface area (Å²) in [6, 6.07) is -0.849. The molecule has 27 heteroatoms. The molecule has 6 atom stereocenters. The molecule has 0 radical (unpaired) electrons. The minimum atomic E-state index is -1.31. The number of esters is 1. The third-order valence-electron chi connectivity index (χ3n) is 15.2. The number of carbonyl (C=O) groups is 11. The Kier molecular flexibility index (Phi) is 22.9. The lowest BCUT2D eigenvalue weighted by Gasteiger charge is -2.35. The fourth-order valence-corrected chi connectivity index (χ4v) is 10.6. The van der Waals surface area contributed by atoms with Crippen LogP contribution in [0.3, 0.4) is 0 Å². The Morgan fingerprint density at radius 3 is 1.95 bits per heavy atom. The fraction of sp³-hybridized carbons (Fsp3) is 0.673. The minimum absolute atomic E-state index is 0.0613. The molecule has 8 N–H and O–H groups in total. The van der Waals surface area contributed by atoms with Crippen molar-refractivity contribution in [3.63, 3.8) is 0 Å². The standard InChI is InChI=1S/C52H77N11O16/c1-4-32(2)47(51(77)55-37-10-16-62-15-9-34-23-35(24-36(48(34)62)49(37)75)50(76)56-38-25-46(74)79-52(38)78-3)57-40(65)6-12-53-39(64)5-11-54-41(66)27-63(31-45(72)73)42(67)28-58-13-7-33(8-14-58)26-59-17-19-60(29-43(68)69)21-22-61(20-18-59)30-44(70)71/h9,15,24,32-33,35,37-38,47,52H,4-8,10-14,16-23,25-31H2,1-3H3,(H,53,64)(H,54,66)(H,55,77)(H,56,76)(H,57,65)(H,68,69)(H,70,71)(H,72,73)/t32?,35-,37-,38-,47?,52+/m0/s1. The molecule has 0 aromatic carbocycles. The Hall–Kier alpha value is -6.81. The van der Waals surface area contributed by atoms with Crippen molar-refractivity contribution in [1.82, 2.24) is 55.7 Å². The number of likely N-dealkylation sites (tertiary alicyclic amines) is 1. The first-order valence-corrected chi connectivity index (χ1v) is 27.1. The number of cyclic esters (lactones) is 1. The summed E-state index contributed by atoms with van der Waals surface area (Å²) in [5.41, 5.74) is 1.74. The number of ether oxygens (including phenoxy) is 2. The van der Waals surface area contributed by atoms with Gasteiger partial charge in [-0.05, 0) is 62.2 Å². The number of Topliss-reactive ketones (excluding diaryl/α,β-unsaturated/α-hetero) is 1. The molecule has 4 aliphatic heterocycles. The summed E-state index contributed by atoms with van der Waals surface area (Å²) in [6.07, 6.45) is 4.56. The number of carboxylic acid groups (broad SMARTS) is 3. The molecule has 3 saturated heterocycles. The van der Waals surface area contributed by atoms with Crippen molar-refractivity contribution in [1.29, 1.82) is 0 Å². The van der Waals surface area contributed by atoms with Crippen molar-refractivity contribution < 1.29 is 77.5 Å². The average molecular weight is 1110 g/mol. The summed E-state index contributed by atoms with van der Waals surface area (Å²) in [5, 5.41) is 41.9. The van der Waals surface area contributed by atoms with E-state index >= 15 is 0 Å². The van der Waals surface area contributed by atoms with E-state index in [0.29, 0.717) is 84.0 Å². The number of amides is 6. The Labute approximate surface area is 458 Å². The number of carbonyl (C=O) groups excluding carboxylic acids is 8. The van der Waals surface area contributed by atoms with Gasteiger partial charge >= 0.3 is 23.9 Å². The van der Waals surface area contributed by atoms with Gasteiger partial charge in [0, 0.05) is 97.2 Å². The van der Waals surface area contributed by atoms with Crippen LogP contribution in [0.15, 0.2) is 18.3 Å². The predicted octanol–water partition coefficient (Wildman–Crippen LogP) is -2.84. The fourth-order valence-electron chi connectivity index (χ4n) is 10.6. The van der Waals surface area contributed by atoms with Crippen molar-refractivity contribution in [2.75, 3.05) is 112 Å². The number of hydrogen-bond donors (Lipinski definition) is 8. The lowest BCUT2D eigenvalue weighted by Crippen LogP contribution is -2.54. The van der Waals surface area contributed by atoms with Crippen LogP contribution in [0.2, 0.25) is 0 Å². The van der Waals surface area contributed by atoms with E-state index < -0.39 is 103 Å². The molecule has 6 amide bonds. The first kappa shape index (κ1) is 61.4. The SMILES string of the molecule is CCC(C)C(NC(=O)CCNC(=O)CCNC(=O)CN(CC(=O)O)C(=O)CN1CCC(CN2CCN(CC(=O)O)CCN(CC(=O)O)CC2)CC1)C(=O)N[C@H]1CCn2ccc3c2C(=C[C@@H](C(=O)N[C@H]2CC(=O)O[C@H]2OC)C3)C1=O. The Bertz CT molecular complexity index is 2410. The summed E-state index contributed by atoms with van der Waals surface area (Å²) in [7, 11) is 1.37. The molecule has 1 aliphatic carbocycles. The molecule has 1 aromatic heterocycles. The smallest absolute Gasteiger partial charge is 0.323 e. The second kappa shape index (κ2) is 29.4. The van der Waals surface area contributed by atoms with Crippen molar-refractivity contribution >= 4 is 70.7 Å². The van der Waals surface area contributed by atoms with Gasteiger partial charge in [0.1, 0.15) is 25.2 Å². The molecule has 436 valence electrons. The second-order valence-corrected chi connectivity index (χ2v) is 21.0. The van der Waals surface area contributed by atoms with Crippen LogP contribution < -0.4 is 26.6 Å². The number of methoxy groups -OCH3 is 1. The van der Waals surface area contributed by atoms with E-state index in [-0.39, 0.29) is 81.6 Å². The topological polar surface area (TPSA) is 348 Å². The van der Waals surface area contributed by atoms with Crippen LogP contribution in [-0.4, -0.2) is 246 Å². The van der Waals surface area contributed by atoms with Gasteiger partial charge in [-0.2, -0.15) is 0 Å². The highest BCUT2D eigenvalue weighted by molar-refractivity contribution is 6.24. The van der Waals surface area contributed by atoms with Crippen LogP contribution in [-0.2, 0) is 75.2 Å². The van der Waals surface area contributed by atoms with E-state index in [9.17, 15) is 68.1 Å². The van der Waals surface area contributed by atoms with E-state index in [2.05, 4.69) is 31.5 Å². The predicted molar refractivity (Wildman–Crippen MR) is 279 cm³/mol. The van der Waals surface area contributed by atoms with Gasteiger partial charge in [0.25, 0.3) is 0 Å². The second-order valence-electron chi connectivity index (χ2n) is 21.0. The summed E-state index contributed by atoms with van der Waals surface area (Å²) in [5.74, 6) is -8.23. The van der Waals surface area contributed by atoms with Crippen LogP contribution in [0, 0.1) is 17.8 Å². The van der Waals surface area contributed by atoms with Gasteiger partial charge < -0.3 is 65.7 Å². The molecule has 27 nitrogen and oxygen atoms in total. The summed E-state index contributed by atoms with van der Waals surface area (Å²) in [6.45, 7) is 7.07. The number of rotatable bonds is 26. The number of aromatic nitrogens is 1. The third-order valence-corrected chi connectivity index (χ3v) is 15.2. The van der Waals surface area contributed by atoms with Crippen LogP contribution in [0.5, 0.6) is 0 Å². The van der Waals surface area contributed by atoms with E-state index in [0.717, 1.165) is 23.3 Å². The monoisotopic (exact) mass is 1110 g/mol. The maximum absolute atomic E-state index is 14.2. The molecule has 3 fully saturated rings. The molecule has 0 spiro atoms. The number of hydrogen-bond acceptors (Lipinski definition) is 17. The quantitative estimate of drug-likeness (QED) is 0.0433. The lowest BCUT2D eigenvalue weighted by molar-refractivity contribution is -0.160. The van der Waals surface area contributed by atoms with Crippen molar-refractivity contribution in [2.24, 2.45) is 17.8 Å². The molecule has 0 saturated carbocycles. The number of nitrogens with zero attached hydrogens (tertiary/aromatic N) is 6. The molecule has 5 aliphatic rings. The molecule has 1 aromatic rings. The lowest BCUT2D eigenvalue weighted by atomic mass is 9.85. The number of aliphatic carboxylic acids is 3. The summed E-state index contributed by atoms with van der Waals surface area (Å²) in [4.78, 5) is 149. The average Bonchev–Trinajstić information content (AvgIpc) is 4.08. The number of nitrogens with one attached hydrogen (secondary N) is 5. The molecular weight excluding hydrogens is 1030 g/mol. The van der Waals surface area contributed by atoms with Gasteiger partial charge in [-0.25, -0.2) is 0 Å². The van der Waals surface area contributed by atoms with Crippen molar-refractivity contribution in [3.05, 3.63) is 29.6 Å². The molecule has 2 unspecified atom stereocenters. The maximum Gasteiger partial charge on any atom is 0.323 e. The zero-order chi connectivity index (χ0) is 57.3. The highest BCUT2D eigenvalue weighted by Crippen LogP contribution is 2.35. The van der Waals surface area contributed by atoms with E-state index in [4.69, 9.17) is 9.47 Å². The Balaban J connectivity index is 0.904. The highest BCUT2D eigenvalue weighted by atomic mass is 16.7. The highest BCUT2D eigenvalue weighted by Gasteiger charge is 2.41. The molecule has 6 rings (SSSR count). The van der Waals surface area contributed by atoms with Crippen molar-refractivity contribution in [2.45, 2.75) is 96.2 Å². The maximum atomic E-state index is 14.2. The van der Waals surface area contributed by atoms with Crippen LogP contribution in [0.4, 0.5) is 0 Å². The van der Waals surface area contributed by atoms with Gasteiger partial charge in [-0.1, -0.05) is 26.3 Å². The molecule has 0 bridgehead atoms. The zero-order valence-corrected chi connectivity index (χ0v) is 45.3. The molecular formula is C52H77N11O16. The van der Waals surface area contributed by atoms with Crippen LogP contribution in [0.25, 0.3) is 5.57 Å². The van der Waals surface area contributed by atoms with Crippen LogP contribution in [0.1, 0.15) is 70.1 Å². The summed E-state index contributed by atoms with van der Waals surface area (Å²) < 4.78 is 12.2. The molecule has 79 heavy (non-hydrogen) atoms. The first-order valence-electron chi connectivity index (χ1n) is 27.1. The van der Waals surface area contributed by atoms with Gasteiger partial charge in [0.05, 0.1) is 43.7 Å². The van der Waals surface area contributed by atoms with E-state index in [1.165, 1.54) is 7.11 Å². The normalized spacial score (nSPS) is 22.2. The largest absolute Gasteiger partial charge is 0.480 e. The zero-order valence-electron chi connectivity index (χ0n) is 45.3. The minimum Gasteiger partial charge on any atom is -0.480 e. The molecule has 5 heterocycles. The van der Waals surface area contributed by atoms with Crippen LogP contribution >= 0.6 is 0 Å². The number of piperidine rings is 1. The van der Waals surface area contributed by atoms with E-state index in [1.807, 2.05) is 28.7 Å². The van der Waals surface area contributed by atoms with Gasteiger partial charge in [-0.15, -0.1) is 0 Å². The van der Waals surface area contributed by atoms with Gasteiger partial charge in [0.15, 0.2) is 5.78 Å². The van der Waals surface area contributed by atoms with Gasteiger partial charge in [-0.3, -0.25) is 67.4 Å². The Morgan fingerprint density at radius 1 is 0.734 bits per heavy atom. The van der Waals surface area contributed by atoms with Crippen molar-refractivity contribution in [3.8, 4) is 0 Å². The number of aryl methyl sites for hydroxylation is 1. The van der Waals surface area contributed by atoms with Gasteiger partial charge in [0.2, 0.25) is 41.7 Å². The third kappa shape index (κ3) is 18.4.